The number of amides is 1. The summed E-state index contributed by atoms with van der Waals surface area (Å²) in [5, 5.41) is 3.14. The van der Waals surface area contributed by atoms with Crippen LogP contribution in [0, 0.1) is 5.92 Å². The quantitative estimate of drug-likeness (QED) is 0.856. The van der Waals surface area contributed by atoms with E-state index in [1.54, 1.807) is 0 Å². The minimum atomic E-state index is 0.0543. The normalized spacial score (nSPS) is 21.1. The summed E-state index contributed by atoms with van der Waals surface area (Å²) in [5.74, 6) is 1.73. The molecule has 1 aliphatic carbocycles. The molecule has 0 aromatic carbocycles. The molecule has 3 rings (SSSR count). The Hall–Kier alpha value is -1.62. The lowest BCUT2D eigenvalue weighted by molar-refractivity contribution is -0.122. The van der Waals surface area contributed by atoms with Crippen molar-refractivity contribution in [3.05, 3.63) is 24.4 Å². The van der Waals surface area contributed by atoms with Gasteiger partial charge in [-0.2, -0.15) is 0 Å². The number of anilines is 1. The lowest BCUT2D eigenvalue weighted by atomic mass is 10.0. The number of aromatic nitrogens is 1. The summed E-state index contributed by atoms with van der Waals surface area (Å²) >= 11 is 0. The van der Waals surface area contributed by atoms with Crippen LogP contribution in [0.4, 0.5) is 5.82 Å². The molecule has 2 aliphatic rings. The highest BCUT2D eigenvalue weighted by molar-refractivity contribution is 5.77. The number of nitrogens with zero attached hydrogens (tertiary/aromatic N) is 2. The molecule has 1 unspecified atom stereocenters. The Morgan fingerprint density at radius 1 is 1.33 bits per heavy atom. The largest absolute Gasteiger partial charge is 0.356 e. The first-order valence-electron chi connectivity index (χ1n) is 7.93. The van der Waals surface area contributed by atoms with Crippen molar-refractivity contribution in [2.45, 2.75) is 44.2 Å². The maximum absolute atomic E-state index is 12.0. The van der Waals surface area contributed by atoms with Crippen LogP contribution in [0.15, 0.2) is 24.4 Å². The molecular formula is C16H24N4O. The van der Waals surface area contributed by atoms with Gasteiger partial charge in [-0.3, -0.25) is 4.79 Å². The van der Waals surface area contributed by atoms with Crippen LogP contribution >= 0.6 is 0 Å². The summed E-state index contributed by atoms with van der Waals surface area (Å²) in [6.07, 6.45) is 6.63. The number of piperidine rings is 1. The molecule has 1 aromatic heterocycles. The molecule has 1 aromatic rings. The van der Waals surface area contributed by atoms with Crippen molar-refractivity contribution in [3.63, 3.8) is 0 Å². The SMILES string of the molecule is NC(CC(=O)NC1CCN(c2ccccn2)CC1)C1CC1. The van der Waals surface area contributed by atoms with Crippen LogP contribution in [0.5, 0.6) is 0 Å². The summed E-state index contributed by atoms with van der Waals surface area (Å²) in [6.45, 7) is 1.88. The van der Waals surface area contributed by atoms with Crippen LogP contribution in [-0.2, 0) is 4.79 Å². The zero-order chi connectivity index (χ0) is 14.7. The first kappa shape index (κ1) is 14.3. The predicted octanol–water partition coefficient (Wildman–Crippen LogP) is 1.29. The minimum absolute atomic E-state index is 0.0543. The van der Waals surface area contributed by atoms with Crippen LogP contribution in [0.25, 0.3) is 0 Å². The molecular weight excluding hydrogens is 264 g/mol. The van der Waals surface area contributed by atoms with E-state index >= 15 is 0 Å². The Kier molecular flexibility index (Phi) is 4.39. The second kappa shape index (κ2) is 6.43. The predicted molar refractivity (Wildman–Crippen MR) is 82.9 cm³/mol. The van der Waals surface area contributed by atoms with E-state index in [0.717, 1.165) is 31.7 Å². The molecule has 5 heteroatoms. The fourth-order valence-corrected chi connectivity index (χ4v) is 2.99. The van der Waals surface area contributed by atoms with Gasteiger partial charge in [-0.25, -0.2) is 4.98 Å². The minimum Gasteiger partial charge on any atom is -0.356 e. The van der Waals surface area contributed by atoms with E-state index in [4.69, 9.17) is 5.73 Å². The van der Waals surface area contributed by atoms with Crippen LogP contribution < -0.4 is 16.0 Å². The number of nitrogens with one attached hydrogen (secondary N) is 1. The van der Waals surface area contributed by atoms with Gasteiger partial charge in [0.05, 0.1) is 0 Å². The Morgan fingerprint density at radius 2 is 2.10 bits per heavy atom. The van der Waals surface area contributed by atoms with E-state index < -0.39 is 0 Å². The Bertz CT molecular complexity index is 466. The van der Waals surface area contributed by atoms with Gasteiger partial charge in [0.15, 0.2) is 0 Å². The number of carbonyl (C=O) groups is 1. The van der Waals surface area contributed by atoms with E-state index in [1.165, 1.54) is 12.8 Å². The van der Waals surface area contributed by atoms with Gasteiger partial charge in [0, 0.05) is 37.8 Å². The van der Waals surface area contributed by atoms with E-state index in [9.17, 15) is 4.79 Å². The van der Waals surface area contributed by atoms with Gasteiger partial charge in [-0.05, 0) is 43.7 Å². The molecule has 0 radical (unpaired) electrons. The maximum atomic E-state index is 12.0. The molecule has 1 atom stereocenters. The zero-order valence-corrected chi connectivity index (χ0v) is 12.4. The monoisotopic (exact) mass is 288 g/mol. The van der Waals surface area contributed by atoms with Crippen molar-refractivity contribution < 1.29 is 4.79 Å². The summed E-state index contributed by atoms with van der Waals surface area (Å²) in [7, 11) is 0. The number of hydrogen-bond donors (Lipinski definition) is 2. The van der Waals surface area contributed by atoms with Gasteiger partial charge in [-0.15, -0.1) is 0 Å². The summed E-state index contributed by atoms with van der Waals surface area (Å²) in [6, 6.07) is 6.31. The highest BCUT2D eigenvalue weighted by Gasteiger charge is 2.30. The first-order chi connectivity index (χ1) is 10.2. The van der Waals surface area contributed by atoms with Gasteiger partial charge in [0.25, 0.3) is 0 Å². The van der Waals surface area contributed by atoms with Crippen molar-refractivity contribution in [3.8, 4) is 0 Å². The molecule has 2 fully saturated rings. The number of hydrogen-bond acceptors (Lipinski definition) is 4. The third-order valence-electron chi connectivity index (χ3n) is 4.48. The van der Waals surface area contributed by atoms with Gasteiger partial charge in [-0.1, -0.05) is 6.07 Å². The molecule has 21 heavy (non-hydrogen) atoms. The molecule has 0 spiro atoms. The Balaban J connectivity index is 1.42. The molecule has 114 valence electrons. The molecule has 5 nitrogen and oxygen atoms in total. The fraction of sp³-hybridized carbons (Fsp3) is 0.625. The topological polar surface area (TPSA) is 71.2 Å². The number of rotatable bonds is 5. The van der Waals surface area contributed by atoms with Crippen LogP contribution in [0.2, 0.25) is 0 Å². The maximum Gasteiger partial charge on any atom is 0.221 e. The van der Waals surface area contributed by atoms with Crippen LogP contribution in [-0.4, -0.2) is 36.1 Å². The molecule has 1 saturated carbocycles. The third kappa shape index (κ3) is 3.94. The highest BCUT2D eigenvalue weighted by Crippen LogP contribution is 2.32. The molecule has 1 amide bonds. The van der Waals surface area contributed by atoms with Crippen molar-refractivity contribution in [2.75, 3.05) is 18.0 Å². The smallest absolute Gasteiger partial charge is 0.221 e. The van der Waals surface area contributed by atoms with Crippen molar-refractivity contribution in [1.29, 1.82) is 0 Å². The lowest BCUT2D eigenvalue weighted by Crippen LogP contribution is -2.46. The van der Waals surface area contributed by atoms with Crippen molar-refractivity contribution in [1.82, 2.24) is 10.3 Å². The molecule has 1 saturated heterocycles. The summed E-state index contributed by atoms with van der Waals surface area (Å²) in [4.78, 5) is 18.6. The van der Waals surface area contributed by atoms with E-state index in [1.807, 2.05) is 24.4 Å². The molecule has 2 heterocycles. The Labute approximate surface area is 125 Å². The highest BCUT2D eigenvalue weighted by atomic mass is 16.1. The average Bonchev–Trinajstić information content (AvgIpc) is 3.33. The van der Waals surface area contributed by atoms with Gasteiger partial charge < -0.3 is 16.0 Å². The summed E-state index contributed by atoms with van der Waals surface area (Å²) < 4.78 is 0. The second-order valence-electron chi connectivity index (χ2n) is 6.22. The van der Waals surface area contributed by atoms with Crippen molar-refractivity contribution in [2.24, 2.45) is 11.7 Å². The van der Waals surface area contributed by atoms with Gasteiger partial charge in [0.2, 0.25) is 5.91 Å². The molecule has 0 bridgehead atoms. The summed E-state index contributed by atoms with van der Waals surface area (Å²) in [5.41, 5.74) is 6.01. The fourth-order valence-electron chi connectivity index (χ4n) is 2.99. The average molecular weight is 288 g/mol. The van der Waals surface area contributed by atoms with Gasteiger partial charge >= 0.3 is 0 Å². The second-order valence-corrected chi connectivity index (χ2v) is 6.22. The van der Waals surface area contributed by atoms with Crippen molar-refractivity contribution >= 4 is 11.7 Å². The number of nitrogens with two attached hydrogens (primary N) is 1. The van der Waals surface area contributed by atoms with E-state index in [0.29, 0.717) is 12.3 Å². The molecule has 3 N–H and O–H groups in total. The van der Waals surface area contributed by atoms with E-state index in [-0.39, 0.29) is 18.0 Å². The van der Waals surface area contributed by atoms with Crippen LogP contribution in [0.1, 0.15) is 32.1 Å². The third-order valence-corrected chi connectivity index (χ3v) is 4.48. The zero-order valence-electron chi connectivity index (χ0n) is 12.4. The van der Waals surface area contributed by atoms with E-state index in [2.05, 4.69) is 15.2 Å². The standard InChI is InChI=1S/C16H24N4O/c17-14(12-4-5-12)11-16(21)19-13-6-9-20(10-7-13)15-3-1-2-8-18-15/h1-3,8,12-14H,4-7,9-11,17H2,(H,19,21). The number of pyridine rings is 1. The first-order valence-corrected chi connectivity index (χ1v) is 7.93. The lowest BCUT2D eigenvalue weighted by Gasteiger charge is -2.33. The number of carbonyl (C=O) groups excluding carboxylic acids is 1. The van der Waals surface area contributed by atoms with Crippen LogP contribution in [0.3, 0.4) is 0 Å². The van der Waals surface area contributed by atoms with Gasteiger partial charge in [0.1, 0.15) is 5.82 Å². The molecule has 1 aliphatic heterocycles. The Morgan fingerprint density at radius 3 is 2.71 bits per heavy atom.